The van der Waals surface area contributed by atoms with E-state index >= 15 is 0 Å². The molecular formula is C12H21N3O3S. The Labute approximate surface area is 114 Å². The van der Waals surface area contributed by atoms with Gasteiger partial charge in [-0.25, -0.2) is 13.6 Å². The fourth-order valence-corrected chi connectivity index (χ4v) is 2.15. The van der Waals surface area contributed by atoms with Crippen molar-refractivity contribution >= 4 is 15.9 Å². The van der Waals surface area contributed by atoms with Crippen molar-refractivity contribution < 1.29 is 13.2 Å². The average Bonchev–Trinajstić information content (AvgIpc) is 2.73. The number of sulfonamides is 1. The number of hydrogen-bond donors (Lipinski definition) is 2. The molecule has 1 aromatic heterocycles. The first-order valence-corrected chi connectivity index (χ1v) is 7.77. The molecule has 0 aliphatic heterocycles. The van der Waals surface area contributed by atoms with Gasteiger partial charge in [-0.15, -0.1) is 0 Å². The van der Waals surface area contributed by atoms with Gasteiger partial charge in [0.2, 0.25) is 10.0 Å². The molecule has 0 saturated carbocycles. The van der Waals surface area contributed by atoms with E-state index in [4.69, 9.17) is 5.14 Å². The van der Waals surface area contributed by atoms with Gasteiger partial charge in [-0.3, -0.25) is 4.79 Å². The van der Waals surface area contributed by atoms with Gasteiger partial charge in [0, 0.05) is 18.3 Å². The van der Waals surface area contributed by atoms with Gasteiger partial charge in [0.05, 0.1) is 0 Å². The van der Waals surface area contributed by atoms with Crippen LogP contribution >= 0.6 is 0 Å². The number of nitrogens with zero attached hydrogens (tertiary/aromatic N) is 1. The Bertz CT molecular complexity index is 561. The van der Waals surface area contributed by atoms with E-state index in [1.165, 1.54) is 12.3 Å². The van der Waals surface area contributed by atoms with E-state index in [1.807, 2.05) is 27.7 Å². The molecule has 7 heteroatoms. The summed E-state index contributed by atoms with van der Waals surface area (Å²) in [6.45, 7) is 7.59. The second-order valence-corrected chi connectivity index (χ2v) is 6.45. The Balaban J connectivity index is 3.19. The highest BCUT2D eigenvalue weighted by atomic mass is 32.2. The molecule has 3 N–H and O–H groups in total. The lowest BCUT2D eigenvalue weighted by atomic mass is 10.2. The van der Waals surface area contributed by atoms with E-state index in [0.717, 1.165) is 6.42 Å². The first-order chi connectivity index (χ1) is 8.66. The second-order valence-electron chi connectivity index (χ2n) is 4.89. The smallest absolute Gasteiger partial charge is 0.268 e. The molecule has 108 valence electrons. The molecular weight excluding hydrogens is 266 g/mol. The minimum Gasteiger partial charge on any atom is -0.348 e. The Morgan fingerprint density at radius 2 is 2.00 bits per heavy atom. The zero-order valence-electron chi connectivity index (χ0n) is 11.7. The Kier molecular flexibility index (Phi) is 4.75. The van der Waals surface area contributed by atoms with E-state index in [1.54, 1.807) is 4.57 Å². The molecule has 0 aliphatic rings. The summed E-state index contributed by atoms with van der Waals surface area (Å²) in [5.74, 6) is -0.294. The maximum atomic E-state index is 12.1. The third-order valence-electron chi connectivity index (χ3n) is 2.93. The van der Waals surface area contributed by atoms with Gasteiger partial charge in [-0.2, -0.15) is 0 Å². The highest BCUT2D eigenvalue weighted by Gasteiger charge is 2.20. The minimum absolute atomic E-state index is 0.0287. The lowest BCUT2D eigenvalue weighted by Crippen LogP contribution is -2.33. The molecule has 1 aromatic rings. The third kappa shape index (κ3) is 3.81. The Hall–Kier alpha value is -1.34. The lowest BCUT2D eigenvalue weighted by molar-refractivity contribution is 0.0928. The number of nitrogens with two attached hydrogens (primary N) is 1. The maximum Gasteiger partial charge on any atom is 0.268 e. The summed E-state index contributed by atoms with van der Waals surface area (Å²) in [5.41, 5.74) is 0.305. The van der Waals surface area contributed by atoms with E-state index in [9.17, 15) is 13.2 Å². The number of aromatic nitrogens is 1. The largest absolute Gasteiger partial charge is 0.348 e. The molecule has 1 rings (SSSR count). The average molecular weight is 287 g/mol. The van der Waals surface area contributed by atoms with Crippen molar-refractivity contribution in [3.05, 3.63) is 18.0 Å². The van der Waals surface area contributed by atoms with Crippen molar-refractivity contribution in [1.82, 2.24) is 9.88 Å². The van der Waals surface area contributed by atoms with Crippen molar-refractivity contribution in [2.45, 2.75) is 51.1 Å². The SMILES string of the molecule is CCC(C)NC(=O)c1cc(S(N)(=O)=O)cn1C(C)C. The van der Waals surface area contributed by atoms with Crippen LogP contribution in [-0.4, -0.2) is 24.9 Å². The van der Waals surface area contributed by atoms with Crippen LogP contribution in [0.2, 0.25) is 0 Å². The van der Waals surface area contributed by atoms with Crippen molar-refractivity contribution in [1.29, 1.82) is 0 Å². The van der Waals surface area contributed by atoms with Crippen LogP contribution in [0.4, 0.5) is 0 Å². The number of nitrogens with one attached hydrogen (secondary N) is 1. The minimum atomic E-state index is -3.81. The van der Waals surface area contributed by atoms with Gasteiger partial charge in [-0.05, 0) is 33.3 Å². The lowest BCUT2D eigenvalue weighted by Gasteiger charge is -2.15. The molecule has 0 aliphatic carbocycles. The van der Waals surface area contributed by atoms with Crippen LogP contribution in [0.5, 0.6) is 0 Å². The predicted octanol–water partition coefficient (Wildman–Crippen LogP) is 1.24. The molecule has 19 heavy (non-hydrogen) atoms. The molecule has 0 bridgehead atoms. The number of amides is 1. The summed E-state index contributed by atoms with van der Waals surface area (Å²) in [4.78, 5) is 12.1. The third-order valence-corrected chi connectivity index (χ3v) is 3.81. The number of primary sulfonamides is 1. The molecule has 0 saturated heterocycles. The van der Waals surface area contributed by atoms with Crippen molar-refractivity contribution in [3.63, 3.8) is 0 Å². The normalized spacial score (nSPS) is 13.6. The van der Waals surface area contributed by atoms with Gasteiger partial charge in [0.15, 0.2) is 0 Å². The molecule has 1 unspecified atom stereocenters. The Morgan fingerprint density at radius 1 is 1.42 bits per heavy atom. The molecule has 0 aromatic carbocycles. The fourth-order valence-electron chi connectivity index (χ4n) is 1.62. The predicted molar refractivity (Wildman–Crippen MR) is 73.4 cm³/mol. The van der Waals surface area contributed by atoms with E-state index in [0.29, 0.717) is 5.69 Å². The number of carbonyl (C=O) groups is 1. The van der Waals surface area contributed by atoms with Crippen molar-refractivity contribution in [2.24, 2.45) is 5.14 Å². The van der Waals surface area contributed by atoms with E-state index in [-0.39, 0.29) is 22.9 Å². The van der Waals surface area contributed by atoms with Crippen molar-refractivity contribution in [3.8, 4) is 0 Å². The summed E-state index contributed by atoms with van der Waals surface area (Å²) in [5, 5.41) is 7.90. The van der Waals surface area contributed by atoms with Gasteiger partial charge < -0.3 is 9.88 Å². The molecule has 6 nitrogen and oxygen atoms in total. The highest BCUT2D eigenvalue weighted by Crippen LogP contribution is 2.18. The topological polar surface area (TPSA) is 94.2 Å². The number of carbonyl (C=O) groups excluding carboxylic acids is 1. The molecule has 0 spiro atoms. The van der Waals surface area contributed by atoms with Crippen molar-refractivity contribution in [2.75, 3.05) is 0 Å². The second kappa shape index (κ2) is 5.75. The molecule has 1 atom stereocenters. The highest BCUT2D eigenvalue weighted by molar-refractivity contribution is 7.89. The summed E-state index contributed by atoms with van der Waals surface area (Å²) in [6, 6.07) is 1.31. The van der Waals surface area contributed by atoms with Gasteiger partial charge in [0.1, 0.15) is 10.6 Å². The van der Waals surface area contributed by atoms with Crippen LogP contribution in [-0.2, 0) is 10.0 Å². The number of hydrogen-bond acceptors (Lipinski definition) is 3. The zero-order valence-corrected chi connectivity index (χ0v) is 12.5. The Morgan fingerprint density at radius 3 is 2.42 bits per heavy atom. The zero-order chi connectivity index (χ0) is 14.8. The maximum absolute atomic E-state index is 12.1. The summed E-state index contributed by atoms with van der Waals surface area (Å²) >= 11 is 0. The first-order valence-electron chi connectivity index (χ1n) is 6.22. The van der Waals surface area contributed by atoms with Crippen LogP contribution in [0.3, 0.4) is 0 Å². The summed E-state index contributed by atoms with van der Waals surface area (Å²) in [6.07, 6.45) is 2.20. The standard InChI is InChI=1S/C12H21N3O3S/c1-5-9(4)14-12(16)11-6-10(19(13,17)18)7-15(11)8(2)3/h6-9H,5H2,1-4H3,(H,14,16)(H2,13,17,18). The van der Waals surface area contributed by atoms with E-state index in [2.05, 4.69) is 5.32 Å². The van der Waals surface area contributed by atoms with Crippen LogP contribution in [0, 0.1) is 0 Å². The van der Waals surface area contributed by atoms with Crippen LogP contribution in [0.1, 0.15) is 50.6 Å². The van der Waals surface area contributed by atoms with Gasteiger partial charge >= 0.3 is 0 Å². The van der Waals surface area contributed by atoms with Crippen LogP contribution in [0.25, 0.3) is 0 Å². The summed E-state index contributed by atoms with van der Waals surface area (Å²) < 4.78 is 24.3. The quantitative estimate of drug-likeness (QED) is 0.853. The molecule has 0 radical (unpaired) electrons. The molecule has 0 fully saturated rings. The van der Waals surface area contributed by atoms with Gasteiger partial charge in [-0.1, -0.05) is 6.92 Å². The molecule has 1 amide bonds. The number of rotatable bonds is 5. The van der Waals surface area contributed by atoms with Crippen LogP contribution in [0.15, 0.2) is 17.2 Å². The fraction of sp³-hybridized carbons (Fsp3) is 0.583. The van der Waals surface area contributed by atoms with E-state index < -0.39 is 10.0 Å². The molecule has 1 heterocycles. The van der Waals surface area contributed by atoms with Gasteiger partial charge in [0.25, 0.3) is 5.91 Å². The monoisotopic (exact) mass is 287 g/mol. The van der Waals surface area contributed by atoms with Crippen LogP contribution < -0.4 is 10.5 Å². The first kappa shape index (κ1) is 15.7. The summed E-state index contributed by atoms with van der Waals surface area (Å²) in [7, 11) is -3.81.